The topological polar surface area (TPSA) is 116 Å². The predicted molar refractivity (Wildman–Crippen MR) is 95.0 cm³/mol. The molecule has 0 bridgehead atoms. The lowest BCUT2D eigenvalue weighted by Crippen LogP contribution is -2.63. The molecular formula is C18H21F3N2O5S. The minimum absolute atomic E-state index is 0.0941. The summed E-state index contributed by atoms with van der Waals surface area (Å²) >= 11 is 0. The van der Waals surface area contributed by atoms with Crippen molar-refractivity contribution in [2.75, 3.05) is 6.61 Å². The summed E-state index contributed by atoms with van der Waals surface area (Å²) in [4.78, 5) is 24.8. The first kappa shape index (κ1) is 21.7. The van der Waals surface area contributed by atoms with Crippen molar-refractivity contribution in [3.05, 3.63) is 29.8 Å². The lowest BCUT2D eigenvalue weighted by Gasteiger charge is -2.43. The van der Waals surface area contributed by atoms with E-state index in [1.807, 2.05) is 5.43 Å². The molecule has 1 heterocycles. The Labute approximate surface area is 165 Å². The molecule has 3 N–H and O–H groups in total. The quantitative estimate of drug-likeness (QED) is 0.316. The van der Waals surface area contributed by atoms with Crippen molar-refractivity contribution in [3.8, 4) is 0 Å². The van der Waals surface area contributed by atoms with Crippen LogP contribution in [0.25, 0.3) is 0 Å². The molecule has 0 spiro atoms. The van der Waals surface area contributed by atoms with Crippen molar-refractivity contribution in [2.45, 2.75) is 54.0 Å². The van der Waals surface area contributed by atoms with Gasteiger partial charge < -0.3 is 4.74 Å². The van der Waals surface area contributed by atoms with E-state index < -0.39 is 60.8 Å². The standard InChI is InChI=1S/C18H21F3N2O5S/c1-16(29(26,27)13-4-2-3-12(9-13)18(19,20)21)7-8-28-17(10-16,15(25)23-22)14(24)11-5-6-11/h2-4,9,11H,5-8,10,22H2,1H3,(H,23,25). The number of carbonyl (C=O) groups excluding carboxylic acids is 2. The average molecular weight is 434 g/mol. The van der Waals surface area contributed by atoms with Crippen LogP contribution in [0.1, 0.15) is 38.2 Å². The molecular weight excluding hydrogens is 413 g/mol. The summed E-state index contributed by atoms with van der Waals surface area (Å²) in [6, 6.07) is 3.41. The van der Waals surface area contributed by atoms with Crippen LogP contribution < -0.4 is 11.3 Å². The van der Waals surface area contributed by atoms with Gasteiger partial charge >= 0.3 is 6.18 Å². The first-order valence-corrected chi connectivity index (χ1v) is 10.5. The number of nitrogens with one attached hydrogen (secondary N) is 1. The highest BCUT2D eigenvalue weighted by molar-refractivity contribution is 7.92. The number of hydrazine groups is 1. The fourth-order valence-corrected chi connectivity index (χ4v) is 5.52. The molecule has 29 heavy (non-hydrogen) atoms. The van der Waals surface area contributed by atoms with Crippen LogP contribution in [0.5, 0.6) is 0 Å². The number of ketones is 1. The van der Waals surface area contributed by atoms with Gasteiger partial charge in [0.15, 0.2) is 15.6 Å². The Morgan fingerprint density at radius 3 is 2.48 bits per heavy atom. The monoisotopic (exact) mass is 434 g/mol. The number of alkyl halides is 3. The summed E-state index contributed by atoms with van der Waals surface area (Å²) < 4.78 is 69.5. The number of halogens is 3. The van der Waals surface area contributed by atoms with E-state index in [9.17, 15) is 31.2 Å². The number of nitrogens with two attached hydrogens (primary N) is 1. The van der Waals surface area contributed by atoms with Gasteiger partial charge in [-0.3, -0.25) is 15.0 Å². The smallest absolute Gasteiger partial charge is 0.357 e. The Morgan fingerprint density at radius 2 is 1.93 bits per heavy atom. The third-order valence-electron chi connectivity index (χ3n) is 5.57. The van der Waals surface area contributed by atoms with Gasteiger partial charge in [0.25, 0.3) is 5.91 Å². The molecule has 2 fully saturated rings. The number of carbonyl (C=O) groups is 2. The maximum atomic E-state index is 13.3. The Hall–Kier alpha value is -1.98. The van der Waals surface area contributed by atoms with E-state index in [0.29, 0.717) is 18.9 Å². The normalized spacial score (nSPS) is 28.0. The Kier molecular flexibility index (Phi) is 5.29. The zero-order chi connectivity index (χ0) is 21.7. The van der Waals surface area contributed by atoms with E-state index in [1.165, 1.54) is 6.92 Å². The molecule has 1 saturated carbocycles. The Balaban J connectivity index is 2.04. The third-order valence-corrected chi connectivity index (χ3v) is 8.09. The van der Waals surface area contributed by atoms with Gasteiger partial charge in [-0.15, -0.1) is 0 Å². The van der Waals surface area contributed by atoms with Gasteiger partial charge in [-0.05, 0) is 44.4 Å². The van der Waals surface area contributed by atoms with Crippen molar-refractivity contribution < 1.29 is 35.9 Å². The number of ether oxygens (including phenoxy) is 1. The second kappa shape index (κ2) is 7.06. The zero-order valence-corrected chi connectivity index (χ0v) is 16.4. The van der Waals surface area contributed by atoms with Gasteiger partial charge in [-0.2, -0.15) is 13.2 Å². The van der Waals surface area contributed by atoms with Crippen LogP contribution in [-0.4, -0.2) is 37.1 Å². The highest BCUT2D eigenvalue weighted by atomic mass is 32.2. The van der Waals surface area contributed by atoms with Crippen LogP contribution in [0.3, 0.4) is 0 Å². The van der Waals surface area contributed by atoms with Crippen LogP contribution in [0.4, 0.5) is 13.2 Å². The van der Waals surface area contributed by atoms with E-state index in [2.05, 4.69) is 0 Å². The molecule has 11 heteroatoms. The van der Waals surface area contributed by atoms with Crippen LogP contribution >= 0.6 is 0 Å². The molecule has 2 unspecified atom stereocenters. The van der Waals surface area contributed by atoms with Gasteiger partial charge in [0.2, 0.25) is 5.60 Å². The SMILES string of the molecule is CC1(S(=O)(=O)c2cccc(C(F)(F)F)c2)CCOC(C(=O)NN)(C(=O)C2CC2)C1. The van der Waals surface area contributed by atoms with Gasteiger partial charge in [0, 0.05) is 12.3 Å². The van der Waals surface area contributed by atoms with Crippen molar-refractivity contribution in [1.82, 2.24) is 5.43 Å². The van der Waals surface area contributed by atoms with Crippen LogP contribution in [0.15, 0.2) is 29.2 Å². The van der Waals surface area contributed by atoms with Crippen molar-refractivity contribution in [1.29, 1.82) is 0 Å². The minimum Gasteiger partial charge on any atom is -0.357 e. The second-order valence-corrected chi connectivity index (χ2v) is 10.2. The maximum Gasteiger partial charge on any atom is 0.416 e. The van der Waals surface area contributed by atoms with Gasteiger partial charge in [-0.25, -0.2) is 14.3 Å². The van der Waals surface area contributed by atoms with Gasteiger partial charge in [0.1, 0.15) is 0 Å². The van der Waals surface area contributed by atoms with E-state index in [1.54, 1.807) is 0 Å². The summed E-state index contributed by atoms with van der Waals surface area (Å²) in [5, 5.41) is 0. The Morgan fingerprint density at radius 1 is 1.28 bits per heavy atom. The first-order chi connectivity index (χ1) is 13.4. The third kappa shape index (κ3) is 3.66. The molecule has 1 aromatic rings. The first-order valence-electron chi connectivity index (χ1n) is 8.99. The van der Waals surface area contributed by atoms with Crippen molar-refractivity contribution in [2.24, 2.45) is 11.8 Å². The molecule has 160 valence electrons. The molecule has 2 aliphatic rings. The fourth-order valence-electron chi connectivity index (χ4n) is 3.67. The average Bonchev–Trinajstić information content (AvgIpc) is 3.51. The summed E-state index contributed by atoms with van der Waals surface area (Å²) in [7, 11) is -4.35. The second-order valence-electron chi connectivity index (χ2n) is 7.69. The van der Waals surface area contributed by atoms with Crippen LogP contribution in [0, 0.1) is 5.92 Å². The van der Waals surface area contributed by atoms with E-state index in [-0.39, 0.29) is 13.0 Å². The molecule has 1 aromatic carbocycles. The zero-order valence-electron chi connectivity index (χ0n) is 15.6. The highest BCUT2D eigenvalue weighted by Crippen LogP contribution is 2.46. The number of sulfone groups is 1. The molecule has 0 radical (unpaired) electrons. The van der Waals surface area contributed by atoms with Gasteiger partial charge in [0.05, 0.1) is 21.8 Å². The van der Waals surface area contributed by atoms with E-state index in [0.717, 1.165) is 18.2 Å². The number of amides is 1. The number of benzene rings is 1. The number of hydrogen-bond acceptors (Lipinski definition) is 6. The molecule has 3 rings (SSSR count). The van der Waals surface area contributed by atoms with Crippen LogP contribution in [0.2, 0.25) is 0 Å². The molecule has 0 aromatic heterocycles. The largest absolute Gasteiger partial charge is 0.416 e. The van der Waals surface area contributed by atoms with Crippen molar-refractivity contribution in [3.63, 3.8) is 0 Å². The van der Waals surface area contributed by atoms with E-state index in [4.69, 9.17) is 10.6 Å². The molecule has 1 aliphatic carbocycles. The lowest BCUT2D eigenvalue weighted by molar-refractivity contribution is -0.168. The number of Topliss-reactive ketones (excluding diaryl/α,β-unsaturated/α-hetero) is 1. The number of hydrogen-bond donors (Lipinski definition) is 2. The summed E-state index contributed by atoms with van der Waals surface area (Å²) in [6.07, 6.45) is -4.23. The fraction of sp³-hybridized carbons (Fsp3) is 0.556. The minimum atomic E-state index is -4.72. The Bertz CT molecular complexity index is 945. The number of rotatable bonds is 5. The predicted octanol–water partition coefficient (Wildman–Crippen LogP) is 1.76. The summed E-state index contributed by atoms with van der Waals surface area (Å²) in [5.41, 5.74) is -1.32. The maximum absolute atomic E-state index is 13.3. The molecule has 1 saturated heterocycles. The lowest BCUT2D eigenvalue weighted by atomic mass is 9.81. The summed E-state index contributed by atoms with van der Waals surface area (Å²) in [6.45, 7) is 1.07. The van der Waals surface area contributed by atoms with Crippen LogP contribution in [-0.2, 0) is 30.3 Å². The summed E-state index contributed by atoms with van der Waals surface area (Å²) in [5.74, 6) is 3.28. The highest BCUT2D eigenvalue weighted by Gasteiger charge is 2.60. The van der Waals surface area contributed by atoms with Gasteiger partial charge in [-0.1, -0.05) is 6.07 Å². The molecule has 2 atom stereocenters. The molecule has 7 nitrogen and oxygen atoms in total. The molecule has 1 aliphatic heterocycles. The van der Waals surface area contributed by atoms with Crippen molar-refractivity contribution >= 4 is 21.5 Å². The molecule has 1 amide bonds. The van der Waals surface area contributed by atoms with E-state index >= 15 is 0 Å².